The maximum atomic E-state index is 11.0. The molecule has 1 heterocycles. The van der Waals surface area contributed by atoms with Crippen LogP contribution in [0.2, 0.25) is 0 Å². The van der Waals surface area contributed by atoms with Crippen molar-refractivity contribution in [1.82, 2.24) is 0 Å². The van der Waals surface area contributed by atoms with E-state index in [0.29, 0.717) is 6.42 Å². The van der Waals surface area contributed by atoms with Gasteiger partial charge >= 0.3 is 0 Å². The summed E-state index contributed by atoms with van der Waals surface area (Å²) < 4.78 is 22.0. The number of amidine groups is 1. The van der Waals surface area contributed by atoms with Crippen molar-refractivity contribution in [3.8, 4) is 0 Å². The fourth-order valence-electron chi connectivity index (χ4n) is 1.06. The van der Waals surface area contributed by atoms with Gasteiger partial charge < -0.3 is 11.6 Å². The van der Waals surface area contributed by atoms with E-state index >= 15 is 0 Å². The van der Waals surface area contributed by atoms with E-state index in [9.17, 15) is 8.42 Å². The molecule has 0 saturated carbocycles. The fourth-order valence-corrected chi connectivity index (χ4v) is 4.28. The molecule has 1 aliphatic heterocycles. The Morgan fingerprint density at radius 3 is 2.67 bits per heavy atom. The van der Waals surface area contributed by atoms with Gasteiger partial charge in [0.25, 0.3) is 0 Å². The summed E-state index contributed by atoms with van der Waals surface area (Å²) >= 11 is 1.23. The molecule has 0 spiro atoms. The third kappa shape index (κ3) is 2.56. The van der Waals surface area contributed by atoms with E-state index in [1.807, 2.05) is 0 Å². The highest BCUT2D eigenvalue weighted by molar-refractivity contribution is 8.15. The number of nitrogens with two attached hydrogens (primary N) is 2. The molecule has 5 nitrogen and oxygen atoms in total. The minimum Gasteiger partial charge on any atom is -0.377 e. The van der Waals surface area contributed by atoms with Gasteiger partial charge in [-0.25, -0.2) is 8.42 Å². The molecule has 0 aromatic rings. The van der Waals surface area contributed by atoms with E-state index in [2.05, 4.69) is 5.10 Å². The van der Waals surface area contributed by atoms with Crippen LogP contribution in [-0.2, 0) is 9.84 Å². The lowest BCUT2D eigenvalue weighted by atomic mass is 10.4. The molecule has 7 heteroatoms. The summed E-state index contributed by atoms with van der Waals surface area (Å²) in [5.41, 5.74) is 5.33. The second kappa shape index (κ2) is 3.53. The Bertz CT molecular complexity index is 285. The van der Waals surface area contributed by atoms with Crippen molar-refractivity contribution in [3.05, 3.63) is 0 Å². The first-order chi connectivity index (χ1) is 5.53. The Morgan fingerprint density at radius 1 is 1.58 bits per heavy atom. The third-order valence-electron chi connectivity index (χ3n) is 1.61. The summed E-state index contributed by atoms with van der Waals surface area (Å²) in [5, 5.41) is 3.54. The largest absolute Gasteiger partial charge is 0.377 e. The lowest BCUT2D eigenvalue weighted by Gasteiger charge is -2.03. The van der Waals surface area contributed by atoms with Gasteiger partial charge in [0, 0.05) is 5.25 Å². The Hall–Kier alpha value is -0.430. The van der Waals surface area contributed by atoms with E-state index in [1.165, 1.54) is 11.8 Å². The van der Waals surface area contributed by atoms with Crippen molar-refractivity contribution in [2.24, 2.45) is 16.7 Å². The van der Waals surface area contributed by atoms with Crippen molar-refractivity contribution < 1.29 is 8.42 Å². The Labute approximate surface area is 75.5 Å². The van der Waals surface area contributed by atoms with Crippen LogP contribution in [0.1, 0.15) is 6.42 Å². The summed E-state index contributed by atoms with van der Waals surface area (Å²) in [4.78, 5) is 0. The first kappa shape index (κ1) is 9.66. The molecule has 0 bridgehead atoms. The molecular weight excluding hydrogens is 198 g/mol. The van der Waals surface area contributed by atoms with Gasteiger partial charge in [-0.1, -0.05) is 11.8 Å². The predicted octanol–water partition coefficient (Wildman–Crippen LogP) is -0.905. The quantitative estimate of drug-likeness (QED) is 0.252. The minimum absolute atomic E-state index is 0.0299. The van der Waals surface area contributed by atoms with Crippen molar-refractivity contribution in [2.75, 3.05) is 11.5 Å². The van der Waals surface area contributed by atoms with E-state index in [1.54, 1.807) is 0 Å². The van der Waals surface area contributed by atoms with Crippen molar-refractivity contribution in [2.45, 2.75) is 11.7 Å². The van der Waals surface area contributed by atoms with Crippen molar-refractivity contribution in [1.29, 1.82) is 0 Å². The fraction of sp³-hybridized carbons (Fsp3) is 0.800. The molecule has 0 radical (unpaired) electrons. The summed E-state index contributed by atoms with van der Waals surface area (Å²) in [7, 11) is -2.82. The molecule has 0 aromatic carbocycles. The van der Waals surface area contributed by atoms with E-state index in [4.69, 9.17) is 11.6 Å². The maximum absolute atomic E-state index is 11.0. The average Bonchev–Trinajstić information content (AvgIpc) is 2.30. The van der Waals surface area contributed by atoms with Crippen LogP contribution < -0.4 is 11.6 Å². The highest BCUT2D eigenvalue weighted by Crippen LogP contribution is 2.23. The second-order valence-electron chi connectivity index (χ2n) is 2.61. The maximum Gasteiger partial charge on any atom is 0.177 e. The van der Waals surface area contributed by atoms with Crippen LogP contribution in [0.15, 0.2) is 5.10 Å². The Kier molecular flexibility index (Phi) is 2.84. The molecule has 1 unspecified atom stereocenters. The summed E-state index contributed by atoms with van der Waals surface area (Å²) in [5.74, 6) is 5.35. The molecule has 0 amide bonds. The zero-order valence-electron chi connectivity index (χ0n) is 6.43. The number of rotatable bonds is 1. The zero-order chi connectivity index (χ0) is 9.19. The summed E-state index contributed by atoms with van der Waals surface area (Å²) in [6, 6.07) is 0. The number of sulfone groups is 1. The molecule has 1 saturated heterocycles. The molecule has 70 valence electrons. The molecule has 1 atom stereocenters. The number of nitrogens with zero attached hydrogens (tertiary/aromatic N) is 1. The second-order valence-corrected chi connectivity index (χ2v) is 6.16. The Balaban J connectivity index is 2.49. The van der Waals surface area contributed by atoms with Gasteiger partial charge in [0.2, 0.25) is 0 Å². The van der Waals surface area contributed by atoms with Crippen LogP contribution in [0.3, 0.4) is 0 Å². The SMILES string of the molecule is NN=C(N)SC1CCS(=O)(=O)C1. The molecular formula is C5H11N3O2S2. The van der Waals surface area contributed by atoms with Gasteiger partial charge in [-0.05, 0) is 6.42 Å². The summed E-state index contributed by atoms with van der Waals surface area (Å²) in [6.45, 7) is 0. The van der Waals surface area contributed by atoms with Crippen LogP contribution in [-0.4, -0.2) is 30.3 Å². The van der Waals surface area contributed by atoms with E-state index < -0.39 is 9.84 Å². The average molecular weight is 209 g/mol. The molecule has 12 heavy (non-hydrogen) atoms. The van der Waals surface area contributed by atoms with Crippen molar-refractivity contribution in [3.63, 3.8) is 0 Å². The first-order valence-electron chi connectivity index (χ1n) is 3.44. The molecule has 1 fully saturated rings. The minimum atomic E-state index is -2.82. The first-order valence-corrected chi connectivity index (χ1v) is 6.14. The molecule has 1 aliphatic rings. The van der Waals surface area contributed by atoms with Crippen molar-refractivity contribution >= 4 is 26.8 Å². The topological polar surface area (TPSA) is 98.5 Å². The van der Waals surface area contributed by atoms with Crippen LogP contribution in [0, 0.1) is 0 Å². The molecule has 0 aliphatic carbocycles. The lowest BCUT2D eigenvalue weighted by molar-refractivity contribution is 0.602. The van der Waals surface area contributed by atoms with Gasteiger partial charge in [-0.3, -0.25) is 0 Å². The van der Waals surface area contributed by atoms with E-state index in [0.717, 1.165) is 0 Å². The summed E-state index contributed by atoms with van der Waals surface area (Å²) in [6.07, 6.45) is 0.642. The standard InChI is InChI=1S/C5H11N3O2S2/c6-5(8-7)11-4-1-2-12(9,10)3-4/h4H,1-3,7H2,(H2,6,8). The lowest BCUT2D eigenvalue weighted by Crippen LogP contribution is -2.16. The third-order valence-corrected chi connectivity index (χ3v) is 4.67. The van der Waals surface area contributed by atoms with Crippen LogP contribution in [0.25, 0.3) is 0 Å². The highest BCUT2D eigenvalue weighted by atomic mass is 32.2. The number of thioether (sulfide) groups is 1. The van der Waals surface area contributed by atoms with Gasteiger partial charge in [-0.2, -0.15) is 5.10 Å². The zero-order valence-corrected chi connectivity index (χ0v) is 8.07. The van der Waals surface area contributed by atoms with Gasteiger partial charge in [0.15, 0.2) is 15.0 Å². The van der Waals surface area contributed by atoms with Crippen LogP contribution in [0.5, 0.6) is 0 Å². The van der Waals surface area contributed by atoms with Gasteiger partial charge in [0.05, 0.1) is 11.5 Å². The smallest absolute Gasteiger partial charge is 0.177 e. The monoisotopic (exact) mass is 209 g/mol. The molecule has 0 aromatic heterocycles. The molecule has 4 N–H and O–H groups in total. The molecule has 1 rings (SSSR count). The number of hydrogen-bond acceptors (Lipinski definition) is 5. The van der Waals surface area contributed by atoms with Gasteiger partial charge in [0.1, 0.15) is 0 Å². The Morgan fingerprint density at radius 2 is 2.25 bits per heavy atom. The predicted molar refractivity (Wildman–Crippen MR) is 50.5 cm³/mol. The van der Waals surface area contributed by atoms with E-state index in [-0.39, 0.29) is 21.9 Å². The highest BCUT2D eigenvalue weighted by Gasteiger charge is 2.28. The van der Waals surface area contributed by atoms with Crippen LogP contribution >= 0.6 is 11.8 Å². The normalized spacial score (nSPS) is 29.0. The number of hydrazone groups is 1. The van der Waals surface area contributed by atoms with Crippen LogP contribution in [0.4, 0.5) is 0 Å². The number of hydrogen-bond donors (Lipinski definition) is 2. The van der Waals surface area contributed by atoms with Gasteiger partial charge in [-0.15, -0.1) is 0 Å².